The first-order valence-electron chi connectivity index (χ1n) is 6.51. The van der Waals surface area contributed by atoms with Crippen LogP contribution in [0, 0.1) is 13.8 Å². The molecule has 0 atom stereocenters. The summed E-state index contributed by atoms with van der Waals surface area (Å²) in [4.78, 5) is 11.9. The molecule has 1 amide bonds. The minimum absolute atomic E-state index is 0.0544. The van der Waals surface area contributed by atoms with Crippen molar-refractivity contribution in [1.29, 1.82) is 0 Å². The van der Waals surface area contributed by atoms with Gasteiger partial charge in [0.05, 0.1) is 11.4 Å². The molecule has 2 rings (SSSR count). The van der Waals surface area contributed by atoms with Gasteiger partial charge >= 0.3 is 0 Å². The summed E-state index contributed by atoms with van der Waals surface area (Å²) < 4.78 is 6.47. The Morgan fingerprint density at radius 3 is 2.52 bits per heavy atom. The Bertz CT molecular complexity index is 651. The molecule has 2 aromatic rings. The highest BCUT2D eigenvalue weighted by Crippen LogP contribution is 2.24. The number of hydrogen-bond donors (Lipinski definition) is 2. The van der Waals surface area contributed by atoms with Gasteiger partial charge in [0, 0.05) is 4.47 Å². The monoisotopic (exact) mass is 348 g/mol. The summed E-state index contributed by atoms with van der Waals surface area (Å²) in [6.45, 7) is 3.85. The highest BCUT2D eigenvalue weighted by atomic mass is 79.9. The maximum atomic E-state index is 11.9. The molecule has 110 valence electrons. The van der Waals surface area contributed by atoms with E-state index in [0.29, 0.717) is 11.4 Å². The van der Waals surface area contributed by atoms with E-state index in [9.17, 15) is 4.79 Å². The highest BCUT2D eigenvalue weighted by molar-refractivity contribution is 9.10. The van der Waals surface area contributed by atoms with Crippen LogP contribution in [0.1, 0.15) is 11.1 Å². The summed E-state index contributed by atoms with van der Waals surface area (Å²) in [5.74, 6) is 0.503. The van der Waals surface area contributed by atoms with Gasteiger partial charge < -0.3 is 15.8 Å². The van der Waals surface area contributed by atoms with Crippen molar-refractivity contribution < 1.29 is 9.53 Å². The van der Waals surface area contributed by atoms with Crippen molar-refractivity contribution in [3.8, 4) is 5.75 Å². The third kappa shape index (κ3) is 3.98. The first-order valence-corrected chi connectivity index (χ1v) is 7.30. The van der Waals surface area contributed by atoms with Gasteiger partial charge in [-0.05, 0) is 43.2 Å². The molecule has 0 aliphatic heterocycles. The number of nitrogens with one attached hydrogen (secondary N) is 1. The van der Waals surface area contributed by atoms with Crippen LogP contribution in [0.3, 0.4) is 0 Å². The zero-order valence-corrected chi connectivity index (χ0v) is 13.5. The lowest BCUT2D eigenvalue weighted by Gasteiger charge is -2.12. The number of nitrogens with two attached hydrogens (primary N) is 1. The average Bonchev–Trinajstić information content (AvgIpc) is 2.41. The number of carbonyl (C=O) groups is 1. The molecule has 0 heterocycles. The zero-order chi connectivity index (χ0) is 15.4. The largest absolute Gasteiger partial charge is 0.483 e. The number of para-hydroxylation sites is 1. The average molecular weight is 349 g/mol. The first kappa shape index (κ1) is 15.4. The van der Waals surface area contributed by atoms with Crippen molar-refractivity contribution in [3.63, 3.8) is 0 Å². The van der Waals surface area contributed by atoms with Gasteiger partial charge in [-0.2, -0.15) is 0 Å². The second kappa shape index (κ2) is 6.63. The minimum Gasteiger partial charge on any atom is -0.483 e. The SMILES string of the molecule is Cc1cccc(C)c1OCC(=O)Nc1ccc(Br)cc1N. The van der Waals surface area contributed by atoms with Crippen LogP contribution in [0.15, 0.2) is 40.9 Å². The lowest BCUT2D eigenvalue weighted by Crippen LogP contribution is -2.21. The van der Waals surface area contributed by atoms with Crippen LogP contribution >= 0.6 is 15.9 Å². The molecule has 0 spiro atoms. The van der Waals surface area contributed by atoms with E-state index in [1.165, 1.54) is 0 Å². The summed E-state index contributed by atoms with van der Waals surface area (Å²) in [7, 11) is 0. The predicted octanol–water partition coefficient (Wildman–Crippen LogP) is 3.67. The second-order valence-electron chi connectivity index (χ2n) is 4.79. The molecular formula is C16H17BrN2O2. The molecule has 21 heavy (non-hydrogen) atoms. The van der Waals surface area contributed by atoms with Crippen LogP contribution in [-0.2, 0) is 4.79 Å². The van der Waals surface area contributed by atoms with Gasteiger partial charge in [-0.1, -0.05) is 34.1 Å². The van der Waals surface area contributed by atoms with Crippen molar-refractivity contribution in [2.45, 2.75) is 13.8 Å². The Morgan fingerprint density at radius 1 is 1.24 bits per heavy atom. The Kier molecular flexibility index (Phi) is 4.85. The van der Waals surface area contributed by atoms with Gasteiger partial charge in [0.2, 0.25) is 0 Å². The molecule has 0 aromatic heterocycles. The normalized spacial score (nSPS) is 10.2. The molecule has 0 saturated heterocycles. The number of aryl methyl sites for hydroxylation is 2. The van der Waals surface area contributed by atoms with Crippen molar-refractivity contribution in [1.82, 2.24) is 0 Å². The number of hydrogen-bond acceptors (Lipinski definition) is 3. The number of nitrogen functional groups attached to an aromatic ring is 1. The van der Waals surface area contributed by atoms with Crippen molar-refractivity contribution >= 4 is 33.2 Å². The van der Waals surface area contributed by atoms with E-state index in [4.69, 9.17) is 10.5 Å². The molecule has 5 heteroatoms. The van der Waals surface area contributed by atoms with Gasteiger partial charge in [0.25, 0.3) is 5.91 Å². The molecular weight excluding hydrogens is 332 g/mol. The number of carbonyl (C=O) groups excluding carboxylic acids is 1. The third-order valence-corrected chi connectivity index (χ3v) is 3.54. The number of ether oxygens (including phenoxy) is 1. The zero-order valence-electron chi connectivity index (χ0n) is 11.9. The van der Waals surface area contributed by atoms with Gasteiger partial charge in [-0.3, -0.25) is 4.79 Å². The van der Waals surface area contributed by atoms with E-state index in [0.717, 1.165) is 21.3 Å². The summed E-state index contributed by atoms with van der Waals surface area (Å²) in [6, 6.07) is 11.2. The van der Waals surface area contributed by atoms with Crippen LogP contribution in [-0.4, -0.2) is 12.5 Å². The minimum atomic E-state index is -0.244. The lowest BCUT2D eigenvalue weighted by molar-refractivity contribution is -0.118. The van der Waals surface area contributed by atoms with E-state index < -0.39 is 0 Å². The maximum Gasteiger partial charge on any atom is 0.262 e. The number of rotatable bonds is 4. The Morgan fingerprint density at radius 2 is 1.90 bits per heavy atom. The van der Waals surface area contributed by atoms with Crippen LogP contribution < -0.4 is 15.8 Å². The fourth-order valence-corrected chi connectivity index (χ4v) is 2.38. The van der Waals surface area contributed by atoms with E-state index in [1.807, 2.05) is 38.1 Å². The Balaban J connectivity index is 1.99. The van der Waals surface area contributed by atoms with Crippen LogP contribution in [0.5, 0.6) is 5.75 Å². The topological polar surface area (TPSA) is 64.3 Å². The van der Waals surface area contributed by atoms with Crippen LogP contribution in [0.4, 0.5) is 11.4 Å². The highest BCUT2D eigenvalue weighted by Gasteiger charge is 2.09. The fraction of sp³-hybridized carbons (Fsp3) is 0.188. The lowest BCUT2D eigenvalue weighted by atomic mass is 10.1. The van der Waals surface area contributed by atoms with Crippen LogP contribution in [0.2, 0.25) is 0 Å². The molecule has 0 aliphatic carbocycles. The molecule has 4 nitrogen and oxygen atoms in total. The number of amides is 1. The summed E-state index contributed by atoms with van der Waals surface area (Å²) in [5.41, 5.74) is 8.93. The van der Waals surface area contributed by atoms with E-state index >= 15 is 0 Å². The first-order chi connectivity index (χ1) is 9.97. The summed E-state index contributed by atoms with van der Waals surface area (Å²) in [6.07, 6.45) is 0. The molecule has 2 aromatic carbocycles. The van der Waals surface area contributed by atoms with Crippen LogP contribution in [0.25, 0.3) is 0 Å². The molecule has 0 radical (unpaired) electrons. The maximum absolute atomic E-state index is 11.9. The molecule has 0 bridgehead atoms. The fourth-order valence-electron chi connectivity index (χ4n) is 2.00. The van der Waals surface area contributed by atoms with Crippen molar-refractivity contribution in [2.24, 2.45) is 0 Å². The quantitative estimate of drug-likeness (QED) is 0.828. The second-order valence-corrected chi connectivity index (χ2v) is 5.71. The summed E-state index contributed by atoms with van der Waals surface area (Å²) >= 11 is 3.32. The van der Waals surface area contributed by atoms with E-state index in [1.54, 1.807) is 12.1 Å². The Labute approximate surface area is 132 Å². The Hall–Kier alpha value is -2.01. The van der Waals surface area contributed by atoms with Gasteiger partial charge in [-0.25, -0.2) is 0 Å². The van der Waals surface area contributed by atoms with Crippen molar-refractivity contribution in [2.75, 3.05) is 17.7 Å². The molecule has 3 N–H and O–H groups in total. The number of benzene rings is 2. The number of halogens is 1. The third-order valence-electron chi connectivity index (χ3n) is 3.04. The molecule has 0 saturated carbocycles. The molecule has 0 fully saturated rings. The van der Waals surface area contributed by atoms with E-state index in [-0.39, 0.29) is 12.5 Å². The molecule has 0 aliphatic rings. The van der Waals surface area contributed by atoms with Crippen molar-refractivity contribution in [3.05, 3.63) is 52.0 Å². The standard InChI is InChI=1S/C16H17BrN2O2/c1-10-4-3-5-11(2)16(10)21-9-15(20)19-14-7-6-12(17)8-13(14)18/h3-8H,9,18H2,1-2H3,(H,19,20). The predicted molar refractivity (Wildman–Crippen MR) is 88.6 cm³/mol. The van der Waals surface area contributed by atoms with Gasteiger partial charge in [0.1, 0.15) is 5.75 Å². The van der Waals surface area contributed by atoms with Gasteiger partial charge in [0.15, 0.2) is 6.61 Å². The number of anilines is 2. The smallest absolute Gasteiger partial charge is 0.262 e. The molecule has 0 unspecified atom stereocenters. The van der Waals surface area contributed by atoms with Gasteiger partial charge in [-0.15, -0.1) is 0 Å². The van der Waals surface area contributed by atoms with E-state index in [2.05, 4.69) is 21.2 Å². The summed E-state index contributed by atoms with van der Waals surface area (Å²) in [5, 5.41) is 2.74.